The summed E-state index contributed by atoms with van der Waals surface area (Å²) in [5.41, 5.74) is 0.845. The largest absolute Gasteiger partial charge is 0.481 e. The minimum atomic E-state index is -3.67. The lowest BCUT2D eigenvalue weighted by molar-refractivity contribution is -0.142. The van der Waals surface area contributed by atoms with Crippen LogP contribution in [0, 0.1) is 12.8 Å². The number of rotatable bonds is 3. The molecular weight excluding hydrogens is 358 g/mol. The number of benzene rings is 1. The Morgan fingerprint density at radius 3 is 2.71 bits per heavy atom. The number of carboxylic acids is 1. The summed E-state index contributed by atoms with van der Waals surface area (Å²) >= 11 is 3.35. The van der Waals surface area contributed by atoms with E-state index in [4.69, 9.17) is 0 Å². The van der Waals surface area contributed by atoms with Gasteiger partial charge in [-0.2, -0.15) is 4.31 Å². The van der Waals surface area contributed by atoms with Gasteiger partial charge in [-0.1, -0.05) is 12.1 Å². The lowest BCUT2D eigenvalue weighted by Gasteiger charge is -2.23. The fraction of sp³-hybridized carbons (Fsp3) is 0.500. The Labute approximate surface area is 132 Å². The monoisotopic (exact) mass is 373 g/mol. The first-order chi connectivity index (χ1) is 9.84. The normalized spacial score (nSPS) is 29.0. The molecule has 3 rings (SSSR count). The fourth-order valence-corrected chi connectivity index (χ4v) is 6.45. The quantitative estimate of drug-likeness (QED) is 0.882. The van der Waals surface area contributed by atoms with Crippen LogP contribution < -0.4 is 0 Å². The molecule has 7 heteroatoms. The van der Waals surface area contributed by atoms with E-state index in [0.717, 1.165) is 12.0 Å². The molecule has 2 saturated heterocycles. The number of hydrogen-bond donors (Lipinski definition) is 1. The van der Waals surface area contributed by atoms with Crippen LogP contribution in [0.3, 0.4) is 0 Å². The van der Waals surface area contributed by atoms with Crippen molar-refractivity contribution in [3.63, 3.8) is 0 Å². The van der Waals surface area contributed by atoms with Gasteiger partial charge in [0, 0.05) is 16.6 Å². The number of aliphatic carboxylic acids is 1. The molecule has 2 fully saturated rings. The Morgan fingerprint density at radius 1 is 1.38 bits per heavy atom. The SMILES string of the molecule is Cc1cccc(S(=O)(=O)N2C3CCC2C(C(=O)O)C3)c1Br. The molecule has 0 aromatic heterocycles. The summed E-state index contributed by atoms with van der Waals surface area (Å²) in [5.74, 6) is -1.48. The van der Waals surface area contributed by atoms with Crippen molar-refractivity contribution in [3.05, 3.63) is 28.2 Å². The Bertz CT molecular complexity index is 703. The van der Waals surface area contributed by atoms with E-state index in [-0.39, 0.29) is 10.9 Å². The molecule has 21 heavy (non-hydrogen) atoms. The second-order valence-corrected chi connectivity index (χ2v) is 8.31. The number of fused-ring (bicyclic) bond motifs is 2. The molecule has 1 aromatic rings. The highest BCUT2D eigenvalue weighted by Crippen LogP contribution is 2.45. The first kappa shape index (κ1) is 15.0. The first-order valence-electron chi connectivity index (χ1n) is 6.85. The van der Waals surface area contributed by atoms with Crippen LogP contribution in [0.2, 0.25) is 0 Å². The van der Waals surface area contributed by atoms with Crippen LogP contribution in [-0.4, -0.2) is 35.9 Å². The maximum Gasteiger partial charge on any atom is 0.308 e. The molecule has 3 atom stereocenters. The van der Waals surface area contributed by atoms with Gasteiger partial charge in [-0.15, -0.1) is 0 Å². The first-order valence-corrected chi connectivity index (χ1v) is 9.09. The van der Waals surface area contributed by atoms with E-state index in [1.807, 2.05) is 13.0 Å². The summed E-state index contributed by atoms with van der Waals surface area (Å²) in [7, 11) is -3.67. The maximum atomic E-state index is 12.9. The maximum absolute atomic E-state index is 12.9. The van der Waals surface area contributed by atoms with Gasteiger partial charge in [-0.05, 0) is 53.7 Å². The highest BCUT2D eigenvalue weighted by Gasteiger charge is 2.54. The van der Waals surface area contributed by atoms with E-state index >= 15 is 0 Å². The van der Waals surface area contributed by atoms with E-state index in [9.17, 15) is 18.3 Å². The van der Waals surface area contributed by atoms with Crippen LogP contribution in [0.15, 0.2) is 27.6 Å². The van der Waals surface area contributed by atoms with Gasteiger partial charge in [0.15, 0.2) is 0 Å². The number of hydrogen-bond acceptors (Lipinski definition) is 3. The fourth-order valence-electron chi connectivity index (χ4n) is 3.51. The molecule has 5 nitrogen and oxygen atoms in total. The highest BCUT2D eigenvalue weighted by atomic mass is 79.9. The van der Waals surface area contributed by atoms with Gasteiger partial charge in [0.25, 0.3) is 0 Å². The van der Waals surface area contributed by atoms with Crippen molar-refractivity contribution in [2.45, 2.75) is 43.2 Å². The Morgan fingerprint density at radius 2 is 2.10 bits per heavy atom. The van der Waals surface area contributed by atoms with Crippen molar-refractivity contribution >= 4 is 31.9 Å². The molecular formula is C14H16BrNO4S. The van der Waals surface area contributed by atoms with E-state index < -0.39 is 28.0 Å². The van der Waals surface area contributed by atoms with Gasteiger partial charge < -0.3 is 5.11 Å². The van der Waals surface area contributed by atoms with Crippen LogP contribution in [0.5, 0.6) is 0 Å². The second-order valence-electron chi connectivity index (χ2n) is 5.70. The van der Waals surface area contributed by atoms with E-state index in [1.54, 1.807) is 12.1 Å². The van der Waals surface area contributed by atoms with Crippen molar-refractivity contribution in [2.24, 2.45) is 5.92 Å². The summed E-state index contributed by atoms with van der Waals surface area (Å²) < 4.78 is 27.9. The van der Waals surface area contributed by atoms with Gasteiger partial charge in [0.05, 0.1) is 10.8 Å². The van der Waals surface area contributed by atoms with Crippen LogP contribution in [0.1, 0.15) is 24.8 Å². The van der Waals surface area contributed by atoms with E-state index in [1.165, 1.54) is 4.31 Å². The van der Waals surface area contributed by atoms with Gasteiger partial charge in [0.1, 0.15) is 0 Å². The average Bonchev–Trinajstić information content (AvgIpc) is 2.99. The predicted octanol–water partition coefficient (Wildman–Crippen LogP) is 2.38. The van der Waals surface area contributed by atoms with Gasteiger partial charge in [0.2, 0.25) is 10.0 Å². The standard InChI is InChI=1S/C14H16BrNO4S/c1-8-3-2-4-12(13(8)15)21(19,20)16-9-5-6-11(16)10(7-9)14(17)18/h2-4,9-11H,5-7H2,1H3,(H,17,18). The number of carboxylic acid groups (broad SMARTS) is 1. The minimum Gasteiger partial charge on any atom is -0.481 e. The molecule has 1 N–H and O–H groups in total. The summed E-state index contributed by atoms with van der Waals surface area (Å²) in [6, 6.07) is 4.51. The van der Waals surface area contributed by atoms with Crippen molar-refractivity contribution in [2.75, 3.05) is 0 Å². The zero-order chi connectivity index (χ0) is 15.4. The summed E-state index contributed by atoms with van der Waals surface area (Å²) in [6.45, 7) is 1.84. The van der Waals surface area contributed by atoms with Crippen molar-refractivity contribution in [1.29, 1.82) is 0 Å². The molecule has 2 aliphatic heterocycles. The minimum absolute atomic E-state index is 0.187. The van der Waals surface area contributed by atoms with Crippen LogP contribution in [0.4, 0.5) is 0 Å². The average molecular weight is 374 g/mol. The lowest BCUT2D eigenvalue weighted by atomic mass is 9.89. The van der Waals surface area contributed by atoms with Crippen LogP contribution >= 0.6 is 15.9 Å². The Balaban J connectivity index is 2.04. The van der Waals surface area contributed by atoms with Gasteiger partial charge >= 0.3 is 5.97 Å². The predicted molar refractivity (Wildman–Crippen MR) is 80.5 cm³/mol. The number of aryl methyl sites for hydroxylation is 1. The number of halogens is 1. The van der Waals surface area contributed by atoms with Crippen LogP contribution in [-0.2, 0) is 14.8 Å². The molecule has 0 spiro atoms. The molecule has 3 unspecified atom stereocenters. The molecule has 0 amide bonds. The zero-order valence-corrected chi connectivity index (χ0v) is 13.9. The number of carbonyl (C=O) groups is 1. The van der Waals surface area contributed by atoms with Crippen molar-refractivity contribution in [1.82, 2.24) is 4.31 Å². The summed E-state index contributed by atoms with van der Waals surface area (Å²) in [4.78, 5) is 11.5. The van der Waals surface area contributed by atoms with Gasteiger partial charge in [-0.25, -0.2) is 8.42 Å². The van der Waals surface area contributed by atoms with Crippen molar-refractivity contribution in [3.8, 4) is 0 Å². The van der Waals surface area contributed by atoms with Crippen molar-refractivity contribution < 1.29 is 18.3 Å². The molecule has 0 radical (unpaired) electrons. The molecule has 2 aliphatic rings. The molecule has 0 saturated carbocycles. The van der Waals surface area contributed by atoms with Crippen LogP contribution in [0.25, 0.3) is 0 Å². The highest BCUT2D eigenvalue weighted by molar-refractivity contribution is 9.10. The van der Waals surface area contributed by atoms with Gasteiger partial charge in [-0.3, -0.25) is 4.79 Å². The zero-order valence-electron chi connectivity index (χ0n) is 11.5. The molecule has 114 valence electrons. The number of sulfonamides is 1. The van der Waals surface area contributed by atoms with E-state index in [2.05, 4.69) is 15.9 Å². The smallest absolute Gasteiger partial charge is 0.308 e. The topological polar surface area (TPSA) is 74.7 Å². The van der Waals surface area contributed by atoms with E-state index in [0.29, 0.717) is 17.3 Å². The lowest BCUT2D eigenvalue weighted by Crippen LogP contribution is -2.38. The second kappa shape index (κ2) is 5.07. The third-order valence-electron chi connectivity index (χ3n) is 4.50. The third-order valence-corrected chi connectivity index (χ3v) is 7.84. The third kappa shape index (κ3) is 2.22. The Hall–Kier alpha value is -0.920. The summed E-state index contributed by atoms with van der Waals surface area (Å²) in [5, 5.41) is 9.26. The molecule has 2 heterocycles. The summed E-state index contributed by atoms with van der Waals surface area (Å²) in [6.07, 6.45) is 1.80. The molecule has 1 aromatic carbocycles. The molecule has 2 bridgehead atoms. The molecule has 0 aliphatic carbocycles. The Kier molecular flexibility index (Phi) is 3.62. The number of nitrogens with zero attached hydrogens (tertiary/aromatic N) is 1.